The quantitative estimate of drug-likeness (QED) is 0.106. The van der Waals surface area contributed by atoms with E-state index in [1.54, 1.807) is 0 Å². The topological polar surface area (TPSA) is 155 Å². The molecule has 0 fully saturated rings. The number of hydrogen-bond acceptors (Lipinski definition) is 7. The van der Waals surface area contributed by atoms with Crippen molar-refractivity contribution in [3.63, 3.8) is 0 Å². The van der Waals surface area contributed by atoms with E-state index in [1.807, 2.05) is 0 Å². The van der Waals surface area contributed by atoms with Crippen molar-refractivity contribution >= 4 is 22.1 Å². The van der Waals surface area contributed by atoms with Gasteiger partial charge in [-0.3, -0.25) is 4.55 Å². The Morgan fingerprint density at radius 3 is 1.61 bits per heavy atom. The Bertz CT molecular complexity index is 586. The van der Waals surface area contributed by atoms with Gasteiger partial charge < -0.3 is 24.9 Å². The average Bonchev–Trinajstić information content (AvgIpc) is 2.61. The van der Waals surface area contributed by atoms with Gasteiger partial charge in [-0.05, 0) is 19.3 Å². The molecule has 0 radical (unpaired) electrons. The van der Waals surface area contributed by atoms with Crippen LogP contribution in [0.4, 0.5) is 0 Å². The van der Waals surface area contributed by atoms with Crippen molar-refractivity contribution in [3.8, 4) is 0 Å². The molecule has 0 aromatic rings. The maximum atomic E-state index is 11.4. The van der Waals surface area contributed by atoms with Crippen molar-refractivity contribution < 1.29 is 97.0 Å². The van der Waals surface area contributed by atoms with Crippen molar-refractivity contribution in [2.24, 2.45) is 5.92 Å². The van der Waals surface area contributed by atoms with Crippen LogP contribution in [0.15, 0.2) is 0 Å². The summed E-state index contributed by atoms with van der Waals surface area (Å²) in [6.45, 7) is 2.18. The number of rotatable bonds is 19. The maximum Gasteiger partial charge on any atom is 1.00 e. The molecule has 0 bridgehead atoms. The van der Waals surface area contributed by atoms with Gasteiger partial charge in [-0.15, -0.1) is 0 Å². The van der Waals surface area contributed by atoms with Crippen LogP contribution in [0, 0.1) is 5.92 Å². The van der Waals surface area contributed by atoms with Crippen LogP contribution in [0.3, 0.4) is 0 Å². The molecule has 0 aliphatic carbocycles. The monoisotopic (exact) mass is 482 g/mol. The molecule has 2 N–H and O–H groups in total. The van der Waals surface area contributed by atoms with Gasteiger partial charge in [0.25, 0.3) is 10.1 Å². The molecule has 0 aliphatic rings. The predicted molar refractivity (Wildman–Crippen MR) is 105 cm³/mol. The van der Waals surface area contributed by atoms with E-state index in [1.165, 1.54) is 32.1 Å². The fourth-order valence-corrected chi connectivity index (χ4v) is 4.03. The number of hydrogen-bond donors (Lipinski definition) is 2. The van der Waals surface area contributed by atoms with Gasteiger partial charge in [0, 0.05) is 11.9 Å². The third kappa shape index (κ3) is 17.9. The number of unbranched alkanes of at least 4 members (excludes halogenated alkanes) is 10. The Hall–Kier alpha value is 0.810. The van der Waals surface area contributed by atoms with Crippen LogP contribution in [-0.4, -0.2) is 41.4 Å². The molecule has 0 saturated heterocycles. The first-order valence-electron chi connectivity index (χ1n) is 10.6. The van der Waals surface area contributed by atoms with E-state index in [9.17, 15) is 33.3 Å². The van der Waals surface area contributed by atoms with Gasteiger partial charge in [0.15, 0.2) is 0 Å². The third-order valence-corrected chi connectivity index (χ3v) is 6.08. The number of carbonyl (C=O) groups excluding carboxylic acids is 2. The number of carboxylic acids is 2. The molecule has 2 atom stereocenters. The number of aliphatic hydroxyl groups is 1. The van der Waals surface area contributed by atoms with Crippen LogP contribution in [0.25, 0.3) is 0 Å². The summed E-state index contributed by atoms with van der Waals surface area (Å²) in [7, 11) is -4.31. The maximum absolute atomic E-state index is 11.4. The SMILES string of the molecule is CCCCCCCCCCCCCC(O)(C(=O)[O-])C(CCCS(=O)(=O)O)C(=O)[O-].[Na+].[Na+]. The van der Waals surface area contributed by atoms with Crippen molar-refractivity contribution in [3.05, 3.63) is 0 Å². The summed E-state index contributed by atoms with van der Waals surface area (Å²) in [6.07, 6.45) is 10.2. The van der Waals surface area contributed by atoms with Gasteiger partial charge in [0.05, 0.1) is 11.7 Å². The van der Waals surface area contributed by atoms with Crippen LogP contribution in [0.2, 0.25) is 0 Å². The van der Waals surface area contributed by atoms with Gasteiger partial charge in [-0.1, -0.05) is 77.6 Å². The molecule has 0 aliphatic heterocycles. The van der Waals surface area contributed by atoms with E-state index in [0.29, 0.717) is 12.8 Å². The largest absolute Gasteiger partial charge is 1.00 e. The molecular formula is C20H36Na2O8S. The molecule has 0 amide bonds. The van der Waals surface area contributed by atoms with Crippen molar-refractivity contribution in [2.45, 2.75) is 102 Å². The summed E-state index contributed by atoms with van der Waals surface area (Å²) in [4.78, 5) is 22.8. The molecule has 0 saturated carbocycles. The van der Waals surface area contributed by atoms with E-state index in [4.69, 9.17) is 4.55 Å². The first-order chi connectivity index (χ1) is 13.5. The van der Waals surface area contributed by atoms with Crippen molar-refractivity contribution in [1.82, 2.24) is 0 Å². The standard InChI is InChI=1S/C20H38O8S.2Na/c1-2-3-4-5-6-7-8-9-10-11-12-15-20(25,19(23)24)17(18(21)22)14-13-16-29(26,27)28;;/h17,25H,2-16H2,1H3,(H,21,22)(H,23,24)(H,26,27,28);;/q;2*+1/p-2. The number of aliphatic carboxylic acids is 2. The number of carbonyl (C=O) groups is 2. The van der Waals surface area contributed by atoms with Crippen LogP contribution < -0.4 is 69.3 Å². The van der Waals surface area contributed by atoms with Gasteiger partial charge in [-0.2, -0.15) is 8.42 Å². The van der Waals surface area contributed by atoms with Crippen LogP contribution in [0.1, 0.15) is 96.8 Å². The summed E-state index contributed by atoms with van der Waals surface area (Å²) in [5.74, 6) is -6.23. The molecule has 0 spiro atoms. The van der Waals surface area contributed by atoms with Gasteiger partial charge >= 0.3 is 59.1 Å². The molecule has 31 heavy (non-hydrogen) atoms. The first kappa shape index (κ1) is 36.4. The summed E-state index contributed by atoms with van der Waals surface area (Å²) in [6, 6.07) is 0. The fraction of sp³-hybridized carbons (Fsp3) is 0.900. The third-order valence-electron chi connectivity index (χ3n) is 5.27. The zero-order valence-corrected chi connectivity index (χ0v) is 24.3. The molecule has 172 valence electrons. The van der Waals surface area contributed by atoms with Gasteiger partial charge in [-0.25, -0.2) is 0 Å². The second-order valence-electron chi connectivity index (χ2n) is 7.80. The molecule has 0 heterocycles. The van der Waals surface area contributed by atoms with E-state index in [-0.39, 0.29) is 72.0 Å². The summed E-state index contributed by atoms with van der Waals surface area (Å²) in [5, 5.41) is 33.2. The fourth-order valence-electron chi connectivity index (χ4n) is 3.50. The summed E-state index contributed by atoms with van der Waals surface area (Å²) in [5.41, 5.74) is -2.63. The van der Waals surface area contributed by atoms with E-state index in [2.05, 4.69) is 6.92 Å². The minimum Gasteiger partial charge on any atom is -0.550 e. The predicted octanol–water partition coefficient (Wildman–Crippen LogP) is -4.79. The van der Waals surface area contributed by atoms with Crippen LogP contribution in [-0.2, 0) is 19.7 Å². The van der Waals surface area contributed by atoms with E-state index >= 15 is 0 Å². The van der Waals surface area contributed by atoms with Gasteiger partial charge in [0.2, 0.25) is 0 Å². The smallest absolute Gasteiger partial charge is 0.550 e. The minimum atomic E-state index is -4.31. The molecule has 0 aromatic carbocycles. The molecular weight excluding hydrogens is 446 g/mol. The Kier molecular flexibility index (Phi) is 23.7. The molecule has 0 rings (SSSR count). The molecule has 2 unspecified atom stereocenters. The zero-order chi connectivity index (χ0) is 22.3. The zero-order valence-electron chi connectivity index (χ0n) is 19.4. The van der Waals surface area contributed by atoms with Gasteiger partial charge in [0.1, 0.15) is 5.60 Å². The number of carboxylic acid groups (broad SMARTS) is 2. The second-order valence-corrected chi connectivity index (χ2v) is 9.37. The Labute approximate surface area is 231 Å². The minimum absolute atomic E-state index is 0. The van der Waals surface area contributed by atoms with Crippen molar-refractivity contribution in [2.75, 3.05) is 5.75 Å². The Morgan fingerprint density at radius 2 is 1.26 bits per heavy atom. The van der Waals surface area contributed by atoms with E-state index in [0.717, 1.165) is 25.7 Å². The second kappa shape index (κ2) is 20.2. The average molecular weight is 483 g/mol. The normalized spacial score (nSPS) is 14.0. The molecule has 0 aromatic heterocycles. The van der Waals surface area contributed by atoms with E-state index < -0.39 is 45.7 Å². The van der Waals surface area contributed by atoms with Crippen LogP contribution >= 0.6 is 0 Å². The van der Waals surface area contributed by atoms with Crippen LogP contribution in [0.5, 0.6) is 0 Å². The Morgan fingerprint density at radius 1 is 0.839 bits per heavy atom. The summed E-state index contributed by atoms with van der Waals surface area (Å²) < 4.78 is 30.2. The first-order valence-corrected chi connectivity index (χ1v) is 12.3. The molecule has 8 nitrogen and oxygen atoms in total. The Balaban J connectivity index is -0.00000392. The molecule has 11 heteroatoms. The summed E-state index contributed by atoms with van der Waals surface area (Å²) >= 11 is 0. The van der Waals surface area contributed by atoms with Crippen molar-refractivity contribution in [1.29, 1.82) is 0 Å².